The van der Waals surface area contributed by atoms with E-state index in [0.29, 0.717) is 35.3 Å². The van der Waals surface area contributed by atoms with Crippen LogP contribution in [0, 0.1) is 30.5 Å². The molecule has 0 aliphatic heterocycles. The summed E-state index contributed by atoms with van der Waals surface area (Å²) in [5.74, 6) is 6.24. The van der Waals surface area contributed by atoms with E-state index in [1.807, 2.05) is 70.2 Å². The van der Waals surface area contributed by atoms with Crippen molar-refractivity contribution in [1.29, 1.82) is 0 Å². The third kappa shape index (κ3) is 8.59. The number of hydrogen-bond acceptors (Lipinski definition) is 12. The minimum atomic E-state index is -0.499. The average molecular weight is 674 g/mol. The van der Waals surface area contributed by atoms with Gasteiger partial charge in [0.15, 0.2) is 39.2 Å². The highest BCUT2D eigenvalue weighted by Crippen LogP contribution is 2.34. The van der Waals surface area contributed by atoms with E-state index in [9.17, 15) is 9.18 Å². The molecular formula is C34H36FN7O3S2. The summed E-state index contributed by atoms with van der Waals surface area (Å²) in [6.07, 6.45) is 0.477. The smallest absolute Gasteiger partial charge is 0.358 e. The van der Waals surface area contributed by atoms with Crippen molar-refractivity contribution in [3.05, 3.63) is 76.0 Å². The molecule has 10 nitrogen and oxygen atoms in total. The van der Waals surface area contributed by atoms with E-state index >= 15 is 0 Å². The summed E-state index contributed by atoms with van der Waals surface area (Å²) in [7, 11) is 5.67. The monoisotopic (exact) mass is 673 g/mol. The van der Waals surface area contributed by atoms with Gasteiger partial charge in [-0.1, -0.05) is 42.2 Å². The lowest BCUT2D eigenvalue weighted by Gasteiger charge is -2.15. The van der Waals surface area contributed by atoms with E-state index in [1.54, 1.807) is 35.3 Å². The van der Waals surface area contributed by atoms with Crippen LogP contribution in [-0.4, -0.2) is 71.9 Å². The van der Waals surface area contributed by atoms with E-state index in [0.717, 1.165) is 25.8 Å². The summed E-state index contributed by atoms with van der Waals surface area (Å²) in [6.45, 7) is 6.72. The number of hydrogen-bond donors (Lipinski definition) is 1. The molecule has 47 heavy (non-hydrogen) atoms. The lowest BCUT2D eigenvalue weighted by atomic mass is 10.1. The second kappa shape index (κ2) is 15.3. The Morgan fingerprint density at radius 1 is 1.09 bits per heavy atom. The van der Waals surface area contributed by atoms with Gasteiger partial charge in [-0.2, -0.15) is 0 Å². The Hall–Kier alpha value is -4.64. The third-order valence-corrected chi connectivity index (χ3v) is 9.00. The number of halogens is 1. The normalized spacial score (nSPS) is 11.7. The predicted molar refractivity (Wildman–Crippen MR) is 186 cm³/mol. The summed E-state index contributed by atoms with van der Waals surface area (Å²) in [6, 6.07) is 14.5. The molecule has 3 heterocycles. The molecule has 0 fully saturated rings. The molecule has 0 aliphatic rings. The molecule has 1 atom stereocenters. The van der Waals surface area contributed by atoms with Gasteiger partial charge in [-0.25, -0.2) is 19.2 Å². The van der Waals surface area contributed by atoms with Crippen LogP contribution in [0.15, 0.2) is 48.5 Å². The van der Waals surface area contributed by atoms with Crippen LogP contribution in [0.1, 0.15) is 40.3 Å². The molecule has 5 rings (SSSR count). The molecule has 0 aliphatic carbocycles. The zero-order valence-corrected chi connectivity index (χ0v) is 28.8. The number of esters is 1. The average Bonchev–Trinajstić information content (AvgIpc) is 3.65. The number of anilines is 4. The first-order valence-electron chi connectivity index (χ1n) is 15.0. The van der Waals surface area contributed by atoms with Gasteiger partial charge in [0, 0.05) is 17.5 Å². The number of thiazole rings is 2. The van der Waals surface area contributed by atoms with Crippen LogP contribution in [0.5, 0.6) is 5.75 Å². The number of ether oxygens (including phenoxy) is 2. The maximum Gasteiger partial charge on any atom is 0.358 e. The Bertz CT molecular complexity index is 1900. The van der Waals surface area contributed by atoms with Crippen molar-refractivity contribution in [3.8, 4) is 17.6 Å². The molecular weight excluding hydrogens is 638 g/mol. The van der Waals surface area contributed by atoms with Crippen LogP contribution < -0.4 is 15.0 Å². The van der Waals surface area contributed by atoms with Crippen LogP contribution in [0.2, 0.25) is 0 Å². The second-order valence-electron chi connectivity index (χ2n) is 11.2. The molecule has 0 unspecified atom stereocenters. The molecule has 0 saturated heterocycles. The molecule has 3 aromatic heterocycles. The molecule has 0 saturated carbocycles. The summed E-state index contributed by atoms with van der Waals surface area (Å²) in [5, 5.41) is 13.4. The number of nitrogens with one attached hydrogen (secondary N) is 1. The van der Waals surface area contributed by atoms with E-state index in [2.05, 4.69) is 37.3 Å². The van der Waals surface area contributed by atoms with Crippen molar-refractivity contribution in [3.63, 3.8) is 0 Å². The van der Waals surface area contributed by atoms with Crippen molar-refractivity contribution >= 4 is 60.8 Å². The number of fused-ring (bicyclic) bond motifs is 1. The Kier molecular flexibility index (Phi) is 11.0. The fraction of sp³-hybridized carbons (Fsp3) is 0.324. The Balaban J connectivity index is 1.27. The van der Waals surface area contributed by atoms with E-state index in [-0.39, 0.29) is 30.6 Å². The fourth-order valence-electron chi connectivity index (χ4n) is 4.47. The Morgan fingerprint density at radius 2 is 1.89 bits per heavy atom. The number of aryl methyl sites for hydroxylation is 1. The summed E-state index contributed by atoms with van der Waals surface area (Å²) < 4.78 is 26.9. The van der Waals surface area contributed by atoms with Gasteiger partial charge in [0.05, 0.1) is 30.0 Å². The maximum absolute atomic E-state index is 14.7. The zero-order chi connectivity index (χ0) is 33.5. The maximum atomic E-state index is 14.7. The van der Waals surface area contributed by atoms with Crippen LogP contribution in [0.3, 0.4) is 0 Å². The topological polar surface area (TPSA) is 106 Å². The standard InChI is InChI=1S/C34H36FN7O3S2/c1-7-44-32(43)30-28(17-21(2)20-45-26-15-14-23(19-24(26)35)11-10-16-41(4)5)47-34(37-30)42(6)29-18-22(3)31(40-39-29)38-33-36-25-12-8-9-13-27(25)46-33/h8-9,12-15,18-19,21H,7,16-17,20H2,1-6H3,(H,36,38,40)/t21-/m0/s1. The fourth-order valence-corrected chi connectivity index (χ4v) is 6.51. The van der Waals surface area contributed by atoms with Gasteiger partial charge in [-0.05, 0) is 82.2 Å². The lowest BCUT2D eigenvalue weighted by Crippen LogP contribution is -2.15. The number of para-hydroxylation sites is 1. The number of carbonyl (C=O) groups is 1. The lowest BCUT2D eigenvalue weighted by molar-refractivity contribution is 0.0519. The van der Waals surface area contributed by atoms with Crippen molar-refractivity contribution in [2.75, 3.05) is 51.1 Å². The van der Waals surface area contributed by atoms with Crippen LogP contribution in [0.4, 0.5) is 26.3 Å². The van der Waals surface area contributed by atoms with Crippen LogP contribution in [-0.2, 0) is 11.2 Å². The number of carbonyl (C=O) groups excluding carboxylic acids is 1. The first kappa shape index (κ1) is 33.7. The Morgan fingerprint density at radius 3 is 2.62 bits per heavy atom. The van der Waals surface area contributed by atoms with Crippen LogP contribution in [0.25, 0.3) is 10.2 Å². The number of aromatic nitrogens is 4. The van der Waals surface area contributed by atoms with Gasteiger partial charge in [0.25, 0.3) is 0 Å². The molecule has 13 heteroatoms. The molecule has 1 N–H and O–H groups in total. The molecule has 0 bridgehead atoms. The second-order valence-corrected chi connectivity index (χ2v) is 13.3. The summed E-state index contributed by atoms with van der Waals surface area (Å²) >= 11 is 2.91. The van der Waals surface area contributed by atoms with Crippen molar-refractivity contribution in [1.82, 2.24) is 25.1 Å². The molecule has 0 radical (unpaired) electrons. The minimum absolute atomic E-state index is 0.0596. The Labute approximate surface area is 281 Å². The highest BCUT2D eigenvalue weighted by atomic mass is 32.1. The number of benzene rings is 2. The van der Waals surface area contributed by atoms with Crippen LogP contribution >= 0.6 is 22.7 Å². The van der Waals surface area contributed by atoms with Crippen molar-refractivity contribution in [2.45, 2.75) is 27.2 Å². The van der Waals surface area contributed by atoms with Gasteiger partial charge in [-0.3, -0.25) is 4.90 Å². The predicted octanol–water partition coefficient (Wildman–Crippen LogP) is 6.85. The SMILES string of the molecule is CCOC(=O)c1nc(N(C)c2cc(C)c(Nc3nc4ccccc4s3)nn2)sc1C[C@H](C)COc1ccc(C#CCN(C)C)cc1F. The number of rotatable bonds is 12. The van der Waals surface area contributed by atoms with E-state index in [1.165, 1.54) is 17.4 Å². The van der Waals surface area contributed by atoms with E-state index in [4.69, 9.17) is 9.47 Å². The zero-order valence-electron chi connectivity index (χ0n) is 27.1. The summed E-state index contributed by atoms with van der Waals surface area (Å²) in [4.78, 5) is 26.6. The van der Waals surface area contributed by atoms with E-state index < -0.39 is 11.8 Å². The molecule has 2 aromatic carbocycles. The molecule has 244 valence electrons. The highest BCUT2D eigenvalue weighted by Gasteiger charge is 2.24. The largest absolute Gasteiger partial charge is 0.490 e. The van der Waals surface area contributed by atoms with Gasteiger partial charge in [0.2, 0.25) is 0 Å². The molecule has 0 spiro atoms. The van der Waals surface area contributed by atoms with Crippen molar-refractivity contribution < 1.29 is 18.7 Å². The highest BCUT2D eigenvalue weighted by molar-refractivity contribution is 7.22. The number of nitrogens with zero attached hydrogens (tertiary/aromatic N) is 6. The van der Waals surface area contributed by atoms with Gasteiger partial charge >= 0.3 is 5.97 Å². The molecule has 5 aromatic rings. The van der Waals surface area contributed by atoms with Gasteiger partial charge in [0.1, 0.15) is 0 Å². The third-order valence-electron chi connectivity index (χ3n) is 6.89. The summed E-state index contributed by atoms with van der Waals surface area (Å²) in [5.41, 5.74) is 2.62. The molecule has 0 amide bonds. The minimum Gasteiger partial charge on any atom is -0.490 e. The first-order valence-corrected chi connectivity index (χ1v) is 16.7. The first-order chi connectivity index (χ1) is 22.6. The van der Waals surface area contributed by atoms with Crippen molar-refractivity contribution in [2.24, 2.45) is 5.92 Å². The van der Waals surface area contributed by atoms with Gasteiger partial charge in [-0.15, -0.1) is 21.5 Å². The quantitative estimate of drug-likeness (QED) is 0.112. The van der Waals surface area contributed by atoms with Gasteiger partial charge < -0.3 is 19.7 Å².